The van der Waals surface area contributed by atoms with Crippen molar-refractivity contribution in [2.45, 2.75) is 32.4 Å². The molecule has 1 fully saturated rings. The van der Waals surface area contributed by atoms with Crippen LogP contribution in [0.25, 0.3) is 11.3 Å². The van der Waals surface area contributed by atoms with Gasteiger partial charge in [-0.2, -0.15) is 0 Å². The van der Waals surface area contributed by atoms with Crippen LogP contribution in [0.3, 0.4) is 0 Å². The number of nitrogens with two attached hydrogens (primary N) is 1. The molecule has 6 N–H and O–H groups in total. The minimum Gasteiger partial charge on any atom is -0.492 e. The van der Waals surface area contributed by atoms with Gasteiger partial charge >= 0.3 is 0 Å². The lowest BCUT2D eigenvalue weighted by atomic mass is 10.0. The number of allylic oxidation sites excluding steroid dienone is 3. The second-order valence-electron chi connectivity index (χ2n) is 11.7. The highest BCUT2D eigenvalue weighted by molar-refractivity contribution is 5.95. The number of guanidine groups is 1. The molecular weight excluding hydrogens is 580 g/mol. The zero-order valence-corrected chi connectivity index (χ0v) is 26.2. The van der Waals surface area contributed by atoms with Crippen molar-refractivity contribution in [2.75, 3.05) is 39.8 Å². The zero-order valence-electron chi connectivity index (χ0n) is 26.2. The maximum atomic E-state index is 13.2. The predicted octanol–water partition coefficient (Wildman–Crippen LogP) is 4.08. The summed E-state index contributed by atoms with van der Waals surface area (Å²) in [6, 6.07) is 12.2. The van der Waals surface area contributed by atoms with Crippen LogP contribution in [-0.2, 0) is 0 Å². The molecule has 2 aliphatic heterocycles. The summed E-state index contributed by atoms with van der Waals surface area (Å²) >= 11 is 0. The Balaban J connectivity index is 1.44. The van der Waals surface area contributed by atoms with Gasteiger partial charge in [0.15, 0.2) is 0 Å². The van der Waals surface area contributed by atoms with Gasteiger partial charge in [-0.3, -0.25) is 19.7 Å². The van der Waals surface area contributed by atoms with Crippen LogP contribution in [0.5, 0.6) is 5.75 Å². The molecule has 1 saturated heterocycles. The number of carbonyl (C=O) groups excluding carboxylic acids is 1. The monoisotopic (exact) mass is 622 g/mol. The molecular formula is C33H42F2N7O3+. The minimum absolute atomic E-state index is 0.0529. The highest BCUT2D eigenvalue weighted by atomic mass is 19.3. The van der Waals surface area contributed by atoms with E-state index in [1.54, 1.807) is 48.5 Å². The number of benzene rings is 2. The number of halogens is 2. The quantitative estimate of drug-likeness (QED) is 0.0988. The van der Waals surface area contributed by atoms with Gasteiger partial charge in [0, 0.05) is 36.9 Å². The number of aliphatic hydroxyl groups is 1. The molecule has 240 valence electrons. The van der Waals surface area contributed by atoms with Gasteiger partial charge in [0.1, 0.15) is 24.5 Å². The standard InChI is InChI=1S/C33H41F2N7O3/c1-7-45-29-18-26(30(43)38-21-33(5,44)42(6)16-17-42)14-15-28(29)39-31(36)40-41-19-27(9-8-22(41)2)25-12-10-24(11-13-25)23(3)37-20-32(4,34)35/h8-15,18-19,37,44H,2-3,7,16-17,20-21H2,1,4-6H3,(H3-,36,38,39,40,43)/p+1. The lowest BCUT2D eigenvalue weighted by Crippen LogP contribution is -2.54. The molecule has 2 aromatic rings. The highest BCUT2D eigenvalue weighted by Gasteiger charge is 2.52. The van der Waals surface area contributed by atoms with Crippen LogP contribution < -0.4 is 26.5 Å². The Morgan fingerprint density at radius 1 is 1.11 bits per heavy atom. The van der Waals surface area contributed by atoms with Gasteiger partial charge in [-0.05, 0) is 42.3 Å². The molecule has 0 aliphatic carbocycles. The Labute approximate surface area is 262 Å². The van der Waals surface area contributed by atoms with Crippen LogP contribution in [0.1, 0.15) is 42.3 Å². The van der Waals surface area contributed by atoms with Crippen LogP contribution >= 0.6 is 0 Å². The largest absolute Gasteiger partial charge is 0.492 e. The van der Waals surface area contributed by atoms with E-state index in [2.05, 4.69) is 34.2 Å². The number of likely N-dealkylation sites (N-methyl/N-ethyl adjacent to an activating group) is 1. The summed E-state index contributed by atoms with van der Waals surface area (Å²) in [5.41, 5.74) is 12.4. The van der Waals surface area contributed by atoms with Gasteiger partial charge in [0.05, 0.1) is 32.4 Å². The van der Waals surface area contributed by atoms with Crippen LogP contribution in [0.4, 0.5) is 14.5 Å². The van der Waals surface area contributed by atoms with E-state index in [-0.39, 0.29) is 18.4 Å². The van der Waals surface area contributed by atoms with E-state index >= 15 is 0 Å². The number of nitrogens with zero attached hydrogens (tertiary/aromatic N) is 3. The summed E-state index contributed by atoms with van der Waals surface area (Å²) in [4.78, 5) is 17.3. The summed E-state index contributed by atoms with van der Waals surface area (Å²) in [5, 5.41) is 17.8. The first-order chi connectivity index (χ1) is 21.1. The lowest BCUT2D eigenvalue weighted by molar-refractivity contribution is -0.865. The third-order valence-corrected chi connectivity index (χ3v) is 7.85. The van der Waals surface area contributed by atoms with Crippen LogP contribution in [0.2, 0.25) is 0 Å². The third-order valence-electron chi connectivity index (χ3n) is 7.85. The Morgan fingerprint density at radius 3 is 2.40 bits per heavy atom. The number of aliphatic imine (C=N–C) groups is 1. The van der Waals surface area contributed by atoms with Gasteiger partial charge in [-0.1, -0.05) is 43.5 Å². The van der Waals surface area contributed by atoms with Crippen molar-refractivity contribution < 1.29 is 27.9 Å². The molecule has 45 heavy (non-hydrogen) atoms. The van der Waals surface area contributed by atoms with Gasteiger partial charge in [-0.25, -0.2) is 13.8 Å². The van der Waals surface area contributed by atoms with E-state index in [1.807, 2.05) is 38.3 Å². The number of hydrogen-bond donors (Lipinski definition) is 5. The number of alkyl halides is 2. The van der Waals surface area contributed by atoms with Gasteiger partial charge in [0.2, 0.25) is 11.7 Å². The SMILES string of the molecule is C=C(NCC(C)(F)F)c1ccc(C2=CN(NC(N)=Nc3ccc(C(=O)NCC(C)(O)[N+]4(C)CC4)cc3OCC)C(=C)C=C2)cc1. The summed E-state index contributed by atoms with van der Waals surface area (Å²) in [7, 11) is 1.95. The number of quaternary nitrogens is 1. The summed E-state index contributed by atoms with van der Waals surface area (Å²) in [5.74, 6) is -2.75. The first-order valence-corrected chi connectivity index (χ1v) is 14.6. The normalized spacial score (nSPS) is 17.2. The van der Waals surface area contributed by atoms with Crippen molar-refractivity contribution in [3.63, 3.8) is 0 Å². The Morgan fingerprint density at radius 2 is 1.78 bits per heavy atom. The molecule has 2 aromatic carbocycles. The molecule has 1 unspecified atom stereocenters. The number of hydrazine groups is 1. The lowest BCUT2D eigenvalue weighted by Gasteiger charge is -2.30. The number of carbonyl (C=O) groups is 1. The predicted molar refractivity (Wildman–Crippen MR) is 173 cm³/mol. The van der Waals surface area contributed by atoms with E-state index in [9.17, 15) is 18.7 Å². The average molecular weight is 623 g/mol. The maximum absolute atomic E-state index is 13.2. The second kappa shape index (κ2) is 13.1. The molecule has 0 radical (unpaired) electrons. The number of ether oxygens (including phenoxy) is 1. The summed E-state index contributed by atoms with van der Waals surface area (Å²) < 4.78 is 32.6. The van der Waals surface area contributed by atoms with Crippen molar-refractivity contribution >= 4 is 28.8 Å². The van der Waals surface area contributed by atoms with Crippen LogP contribution in [0, 0.1) is 0 Å². The molecule has 0 spiro atoms. The molecule has 10 nitrogen and oxygen atoms in total. The van der Waals surface area contributed by atoms with Crippen molar-refractivity contribution in [1.29, 1.82) is 0 Å². The summed E-state index contributed by atoms with van der Waals surface area (Å²) in [6.07, 6.45) is 5.51. The molecule has 0 bridgehead atoms. The van der Waals surface area contributed by atoms with Crippen molar-refractivity contribution in [3.05, 3.63) is 96.4 Å². The molecule has 0 aromatic heterocycles. The average Bonchev–Trinajstić information content (AvgIpc) is 3.75. The Bertz CT molecular complexity index is 1540. The van der Waals surface area contributed by atoms with E-state index < -0.39 is 18.2 Å². The molecule has 12 heteroatoms. The first-order valence-electron chi connectivity index (χ1n) is 14.6. The number of hydrogen-bond acceptors (Lipinski definition) is 6. The molecule has 0 saturated carbocycles. The number of amides is 1. The van der Waals surface area contributed by atoms with Crippen LogP contribution in [-0.4, -0.2) is 77.9 Å². The van der Waals surface area contributed by atoms with Gasteiger partial charge in [-0.15, -0.1) is 0 Å². The topological polar surface area (TPSA) is 124 Å². The van der Waals surface area contributed by atoms with E-state index in [1.165, 1.54) is 0 Å². The van der Waals surface area contributed by atoms with E-state index in [4.69, 9.17) is 10.5 Å². The zero-order chi connectivity index (χ0) is 33.0. The van der Waals surface area contributed by atoms with Crippen molar-refractivity contribution in [1.82, 2.24) is 21.1 Å². The van der Waals surface area contributed by atoms with Crippen LogP contribution in [0.15, 0.2) is 84.7 Å². The number of rotatable bonds is 13. The number of nitrogens with one attached hydrogen (secondary N) is 3. The minimum atomic E-state index is -2.84. The fourth-order valence-corrected chi connectivity index (χ4v) is 4.50. The van der Waals surface area contributed by atoms with E-state index in [0.29, 0.717) is 45.0 Å². The summed E-state index contributed by atoms with van der Waals surface area (Å²) in [6.45, 7) is 14.0. The molecule has 1 atom stereocenters. The third kappa shape index (κ3) is 8.49. The molecule has 1 amide bonds. The first kappa shape index (κ1) is 33.2. The van der Waals surface area contributed by atoms with E-state index in [0.717, 1.165) is 31.1 Å². The molecule has 2 heterocycles. The second-order valence-corrected chi connectivity index (χ2v) is 11.7. The van der Waals surface area contributed by atoms with Crippen molar-refractivity contribution in [3.8, 4) is 5.75 Å². The fraction of sp³-hybridized carbons (Fsp3) is 0.333. The smallest absolute Gasteiger partial charge is 0.262 e. The Kier molecular flexibility index (Phi) is 9.69. The maximum Gasteiger partial charge on any atom is 0.262 e. The van der Waals surface area contributed by atoms with Gasteiger partial charge < -0.3 is 26.2 Å². The Hall–Kier alpha value is -4.68. The fourth-order valence-electron chi connectivity index (χ4n) is 4.50. The molecule has 2 aliphatic rings. The van der Waals surface area contributed by atoms with Crippen molar-refractivity contribution in [2.24, 2.45) is 10.7 Å². The van der Waals surface area contributed by atoms with Gasteiger partial charge in [0.25, 0.3) is 11.8 Å². The molecule has 4 rings (SSSR count). The highest BCUT2D eigenvalue weighted by Crippen LogP contribution is 2.31.